The molecule has 0 spiro atoms. The molecule has 0 radical (unpaired) electrons. The van der Waals surface area contributed by atoms with Crippen molar-refractivity contribution in [2.45, 2.75) is 37.6 Å². The van der Waals surface area contributed by atoms with E-state index >= 15 is 0 Å². The Morgan fingerprint density at radius 2 is 1.84 bits per heavy atom. The minimum atomic E-state index is -0.155. The maximum absolute atomic E-state index is 12.8. The third-order valence-corrected chi connectivity index (χ3v) is 6.04. The van der Waals surface area contributed by atoms with E-state index in [4.69, 9.17) is 4.74 Å². The van der Waals surface area contributed by atoms with Gasteiger partial charge in [0.15, 0.2) is 5.16 Å². The van der Waals surface area contributed by atoms with Gasteiger partial charge in [-0.3, -0.25) is 9.36 Å². The van der Waals surface area contributed by atoms with Crippen molar-refractivity contribution in [2.24, 2.45) is 18.9 Å². The molecule has 3 unspecified atom stereocenters. The number of carbonyl (C=O) groups excluding carboxylic acids is 1. The Hall–Kier alpha value is -1.28. The summed E-state index contributed by atoms with van der Waals surface area (Å²) in [5, 5.41) is 9.27. The number of aromatic nitrogens is 3. The smallest absolute Gasteiger partial charge is 0.235 e. The highest BCUT2D eigenvalue weighted by molar-refractivity contribution is 8.00. The van der Waals surface area contributed by atoms with Crippen molar-refractivity contribution in [2.75, 3.05) is 44.3 Å². The molecule has 0 aromatic carbocycles. The lowest BCUT2D eigenvalue weighted by atomic mass is 9.92. The summed E-state index contributed by atoms with van der Waals surface area (Å²) in [5.41, 5.74) is 0. The van der Waals surface area contributed by atoms with Gasteiger partial charge in [-0.05, 0) is 25.2 Å². The zero-order valence-electron chi connectivity index (χ0n) is 15.6. The molecule has 3 atom stereocenters. The fourth-order valence-electron chi connectivity index (χ4n) is 3.76. The third kappa shape index (κ3) is 4.28. The zero-order valence-corrected chi connectivity index (χ0v) is 16.5. The van der Waals surface area contributed by atoms with Gasteiger partial charge in [-0.1, -0.05) is 25.6 Å². The summed E-state index contributed by atoms with van der Waals surface area (Å²) in [4.78, 5) is 17.0. The largest absolute Gasteiger partial charge is 0.378 e. The number of piperidine rings is 1. The second-order valence-corrected chi connectivity index (χ2v) is 8.70. The standard InChI is InChI=1S/C17H29N5O2S/c1-12-9-13(2)11-22(10-12)15(23)14(3)25-17-19-18-16(20(17)4)21-5-7-24-8-6-21/h12-14H,5-11H2,1-4H3. The number of hydrogen-bond acceptors (Lipinski definition) is 6. The van der Waals surface area contributed by atoms with Gasteiger partial charge in [0, 0.05) is 33.2 Å². The van der Waals surface area contributed by atoms with Gasteiger partial charge in [0.05, 0.1) is 18.5 Å². The number of rotatable bonds is 4. The maximum atomic E-state index is 12.8. The van der Waals surface area contributed by atoms with E-state index in [1.807, 2.05) is 23.4 Å². The lowest BCUT2D eigenvalue weighted by molar-refractivity contribution is -0.132. The topological polar surface area (TPSA) is 63.5 Å². The Balaban J connectivity index is 1.63. The SMILES string of the molecule is CC1CC(C)CN(C(=O)C(C)Sc2nnc(N3CCOCC3)n2C)C1. The minimum absolute atomic E-state index is 0.155. The van der Waals surface area contributed by atoms with E-state index in [2.05, 4.69) is 28.9 Å². The first-order chi connectivity index (χ1) is 12.0. The summed E-state index contributed by atoms with van der Waals surface area (Å²) in [6, 6.07) is 0. The summed E-state index contributed by atoms with van der Waals surface area (Å²) in [6.07, 6.45) is 1.21. The van der Waals surface area contributed by atoms with Crippen LogP contribution in [0.1, 0.15) is 27.2 Å². The highest BCUT2D eigenvalue weighted by Crippen LogP contribution is 2.28. The molecule has 2 fully saturated rings. The molecule has 3 rings (SSSR count). The minimum Gasteiger partial charge on any atom is -0.378 e. The van der Waals surface area contributed by atoms with E-state index < -0.39 is 0 Å². The third-order valence-electron chi connectivity index (χ3n) is 4.92. The van der Waals surface area contributed by atoms with Crippen molar-refractivity contribution in [1.29, 1.82) is 0 Å². The average molecular weight is 368 g/mol. The summed E-state index contributed by atoms with van der Waals surface area (Å²) in [5.74, 6) is 2.21. The van der Waals surface area contributed by atoms with E-state index in [1.165, 1.54) is 18.2 Å². The van der Waals surface area contributed by atoms with Crippen LogP contribution >= 0.6 is 11.8 Å². The second kappa shape index (κ2) is 7.95. The molecule has 7 nitrogen and oxygen atoms in total. The van der Waals surface area contributed by atoms with Crippen LogP contribution in [0.15, 0.2) is 5.16 Å². The molecular weight excluding hydrogens is 338 g/mol. The van der Waals surface area contributed by atoms with Crippen LogP contribution in [0.25, 0.3) is 0 Å². The van der Waals surface area contributed by atoms with Crippen LogP contribution in [0.5, 0.6) is 0 Å². The van der Waals surface area contributed by atoms with Crippen LogP contribution in [0.4, 0.5) is 5.95 Å². The monoisotopic (exact) mass is 367 g/mol. The molecule has 3 heterocycles. The Morgan fingerprint density at radius 1 is 1.20 bits per heavy atom. The normalized spacial score (nSPS) is 25.9. The van der Waals surface area contributed by atoms with Gasteiger partial charge >= 0.3 is 0 Å². The van der Waals surface area contributed by atoms with Crippen molar-refractivity contribution >= 4 is 23.6 Å². The summed E-state index contributed by atoms with van der Waals surface area (Å²) >= 11 is 1.50. The van der Waals surface area contributed by atoms with Gasteiger partial charge in [0.1, 0.15) is 0 Å². The molecule has 0 bridgehead atoms. The molecule has 1 aromatic rings. The number of nitrogens with zero attached hydrogens (tertiary/aromatic N) is 5. The highest BCUT2D eigenvalue weighted by atomic mass is 32.2. The molecule has 2 saturated heterocycles. The number of ether oxygens (including phenoxy) is 1. The van der Waals surface area contributed by atoms with Crippen molar-refractivity contribution in [3.63, 3.8) is 0 Å². The first kappa shape index (κ1) is 18.5. The Labute approximate surface area is 154 Å². The molecule has 1 aromatic heterocycles. The van der Waals surface area contributed by atoms with Crippen LogP contribution < -0.4 is 4.90 Å². The Bertz CT molecular complexity index is 592. The molecule has 25 heavy (non-hydrogen) atoms. The molecular formula is C17H29N5O2S. The molecule has 8 heteroatoms. The summed E-state index contributed by atoms with van der Waals surface area (Å²) in [7, 11) is 1.97. The van der Waals surface area contributed by atoms with Crippen molar-refractivity contribution in [3.8, 4) is 0 Å². The van der Waals surface area contributed by atoms with Crippen LogP contribution in [0.3, 0.4) is 0 Å². The lowest BCUT2D eigenvalue weighted by Crippen LogP contribution is -2.45. The summed E-state index contributed by atoms with van der Waals surface area (Å²) < 4.78 is 7.38. The van der Waals surface area contributed by atoms with Gasteiger partial charge in [0.2, 0.25) is 11.9 Å². The molecule has 140 valence electrons. The van der Waals surface area contributed by atoms with Crippen molar-refractivity contribution in [3.05, 3.63) is 0 Å². The maximum Gasteiger partial charge on any atom is 0.235 e. The van der Waals surface area contributed by atoms with Gasteiger partial charge in [-0.25, -0.2) is 0 Å². The molecule has 0 N–H and O–H groups in total. The van der Waals surface area contributed by atoms with E-state index in [0.717, 1.165) is 50.5 Å². The number of amides is 1. The second-order valence-electron chi connectivity index (χ2n) is 7.39. The van der Waals surface area contributed by atoms with Crippen molar-refractivity contribution in [1.82, 2.24) is 19.7 Å². The quantitative estimate of drug-likeness (QED) is 0.754. The van der Waals surface area contributed by atoms with E-state index in [9.17, 15) is 4.79 Å². The molecule has 1 amide bonds. The van der Waals surface area contributed by atoms with Gasteiger partial charge in [-0.2, -0.15) is 0 Å². The molecule has 2 aliphatic heterocycles. The Kier molecular flexibility index (Phi) is 5.89. The number of likely N-dealkylation sites (tertiary alicyclic amines) is 1. The number of anilines is 1. The number of hydrogen-bond donors (Lipinski definition) is 0. The number of thioether (sulfide) groups is 1. The van der Waals surface area contributed by atoms with Crippen LogP contribution in [0, 0.1) is 11.8 Å². The average Bonchev–Trinajstić information content (AvgIpc) is 2.94. The lowest BCUT2D eigenvalue weighted by Gasteiger charge is -2.36. The molecule has 0 aliphatic carbocycles. The number of morpholine rings is 1. The predicted molar refractivity (Wildman–Crippen MR) is 98.9 cm³/mol. The molecule has 2 aliphatic rings. The summed E-state index contributed by atoms with van der Waals surface area (Å²) in [6.45, 7) is 11.3. The zero-order chi connectivity index (χ0) is 18.0. The van der Waals surface area contributed by atoms with Crippen LogP contribution in [-0.2, 0) is 16.6 Å². The molecule has 0 saturated carbocycles. The van der Waals surface area contributed by atoms with Crippen molar-refractivity contribution < 1.29 is 9.53 Å². The van der Waals surface area contributed by atoms with E-state index in [-0.39, 0.29) is 11.2 Å². The first-order valence-electron chi connectivity index (χ1n) is 9.13. The van der Waals surface area contributed by atoms with E-state index in [1.54, 1.807) is 0 Å². The fraction of sp³-hybridized carbons (Fsp3) is 0.824. The predicted octanol–water partition coefficient (Wildman–Crippen LogP) is 1.64. The highest BCUT2D eigenvalue weighted by Gasteiger charge is 2.30. The first-order valence-corrected chi connectivity index (χ1v) is 10.0. The van der Waals surface area contributed by atoms with Crippen LogP contribution in [-0.4, -0.2) is 70.2 Å². The van der Waals surface area contributed by atoms with Gasteiger partial charge in [0.25, 0.3) is 0 Å². The van der Waals surface area contributed by atoms with Gasteiger partial charge in [-0.15, -0.1) is 10.2 Å². The van der Waals surface area contributed by atoms with Crippen LogP contribution in [0.2, 0.25) is 0 Å². The Morgan fingerprint density at radius 3 is 2.48 bits per heavy atom. The fourth-order valence-corrected chi connectivity index (χ4v) is 4.65. The van der Waals surface area contributed by atoms with E-state index in [0.29, 0.717) is 11.8 Å². The number of carbonyl (C=O) groups is 1. The van der Waals surface area contributed by atoms with Gasteiger partial charge < -0.3 is 14.5 Å².